The predicted octanol–water partition coefficient (Wildman–Crippen LogP) is 4.89. The number of methoxy groups -OCH3 is 1. The molecule has 0 amide bonds. The summed E-state index contributed by atoms with van der Waals surface area (Å²) in [6.07, 6.45) is 2.83. The molecule has 1 aliphatic heterocycles. The van der Waals surface area contributed by atoms with Gasteiger partial charge < -0.3 is 18.8 Å². The van der Waals surface area contributed by atoms with Gasteiger partial charge in [-0.15, -0.1) is 0 Å². The first-order valence-electron chi connectivity index (χ1n) is 9.42. The van der Waals surface area contributed by atoms with E-state index in [4.69, 9.17) is 14.2 Å². The molecule has 144 valence electrons. The zero-order valence-electron chi connectivity index (χ0n) is 15.9. The van der Waals surface area contributed by atoms with E-state index in [0.717, 1.165) is 45.5 Å². The molecule has 0 bridgehead atoms. The Labute approximate surface area is 168 Å². The molecule has 0 saturated carbocycles. The van der Waals surface area contributed by atoms with Crippen molar-refractivity contribution in [2.75, 3.05) is 20.3 Å². The van der Waals surface area contributed by atoms with E-state index in [1.54, 1.807) is 13.2 Å². The normalized spacial score (nSPS) is 12.7. The van der Waals surface area contributed by atoms with Gasteiger partial charge in [-0.2, -0.15) is 0 Å². The summed E-state index contributed by atoms with van der Waals surface area (Å²) in [5.41, 5.74) is 4.73. The molecule has 0 atom stereocenters. The van der Waals surface area contributed by atoms with Gasteiger partial charge in [0, 0.05) is 23.3 Å². The lowest BCUT2D eigenvalue weighted by molar-refractivity contribution is 0.112. The Bertz CT molecular complexity index is 1230. The van der Waals surface area contributed by atoms with Gasteiger partial charge in [0.15, 0.2) is 17.8 Å². The second kappa shape index (κ2) is 7.02. The van der Waals surface area contributed by atoms with E-state index in [1.807, 2.05) is 36.5 Å². The maximum absolute atomic E-state index is 11.2. The van der Waals surface area contributed by atoms with Crippen molar-refractivity contribution >= 4 is 17.2 Å². The number of nitrogens with zero attached hydrogens (tertiary/aromatic N) is 1. The topological polar surface area (TPSA) is 49.7 Å². The highest BCUT2D eigenvalue weighted by molar-refractivity contribution is 5.96. The quantitative estimate of drug-likeness (QED) is 0.469. The van der Waals surface area contributed by atoms with Crippen molar-refractivity contribution < 1.29 is 19.0 Å². The second-order valence-corrected chi connectivity index (χ2v) is 6.83. The van der Waals surface area contributed by atoms with Crippen LogP contribution >= 0.6 is 0 Å². The zero-order valence-corrected chi connectivity index (χ0v) is 15.9. The van der Waals surface area contributed by atoms with Crippen molar-refractivity contribution in [2.45, 2.75) is 0 Å². The second-order valence-electron chi connectivity index (χ2n) is 6.83. The third kappa shape index (κ3) is 2.91. The van der Waals surface area contributed by atoms with Gasteiger partial charge in [-0.25, -0.2) is 0 Å². The first kappa shape index (κ1) is 17.4. The minimum Gasteiger partial charge on any atom is -0.496 e. The first-order valence-corrected chi connectivity index (χ1v) is 9.42. The van der Waals surface area contributed by atoms with Crippen LogP contribution in [0.5, 0.6) is 17.2 Å². The summed E-state index contributed by atoms with van der Waals surface area (Å²) in [5.74, 6) is 2.12. The molecule has 1 aliphatic rings. The minimum atomic E-state index is 0.532. The third-order valence-electron chi connectivity index (χ3n) is 5.21. The predicted molar refractivity (Wildman–Crippen MR) is 112 cm³/mol. The summed E-state index contributed by atoms with van der Waals surface area (Å²) in [6.45, 7) is 1.15. The molecule has 1 aromatic heterocycles. The number of aldehydes is 1. The fourth-order valence-electron chi connectivity index (χ4n) is 3.80. The van der Waals surface area contributed by atoms with Crippen molar-refractivity contribution in [3.63, 3.8) is 0 Å². The Kier molecular flexibility index (Phi) is 4.21. The van der Waals surface area contributed by atoms with Crippen LogP contribution < -0.4 is 14.2 Å². The van der Waals surface area contributed by atoms with E-state index in [2.05, 4.69) is 28.8 Å². The number of fused-ring (bicyclic) bond motifs is 2. The van der Waals surface area contributed by atoms with Gasteiger partial charge in [-0.3, -0.25) is 4.79 Å². The van der Waals surface area contributed by atoms with Crippen LogP contribution in [0.1, 0.15) is 10.4 Å². The molecule has 5 rings (SSSR count). The number of hydrogen-bond donors (Lipinski definition) is 0. The van der Waals surface area contributed by atoms with Crippen LogP contribution in [-0.4, -0.2) is 31.2 Å². The summed E-state index contributed by atoms with van der Waals surface area (Å²) in [4.78, 5) is 11.2. The lowest BCUT2D eigenvalue weighted by atomic mass is 10.0. The number of ether oxygens (including phenoxy) is 3. The Hall–Kier alpha value is -3.73. The first-order chi connectivity index (χ1) is 14.3. The number of benzene rings is 3. The van der Waals surface area contributed by atoms with Crippen molar-refractivity contribution in [1.29, 1.82) is 0 Å². The molecule has 29 heavy (non-hydrogen) atoms. The number of carbonyl (C=O) groups excluding carboxylic acids is 1. The minimum absolute atomic E-state index is 0.532. The van der Waals surface area contributed by atoms with E-state index in [9.17, 15) is 4.79 Å². The summed E-state index contributed by atoms with van der Waals surface area (Å²) >= 11 is 0. The maximum Gasteiger partial charge on any atom is 0.161 e. The van der Waals surface area contributed by atoms with Gasteiger partial charge in [0.25, 0.3) is 0 Å². The van der Waals surface area contributed by atoms with Crippen LogP contribution in [0.2, 0.25) is 0 Å². The molecule has 0 aliphatic carbocycles. The molecule has 2 heterocycles. The van der Waals surface area contributed by atoms with Crippen LogP contribution in [0.4, 0.5) is 0 Å². The summed E-state index contributed by atoms with van der Waals surface area (Å²) < 4.78 is 18.8. The molecule has 0 radical (unpaired) electrons. The van der Waals surface area contributed by atoms with Gasteiger partial charge in [0.05, 0.1) is 18.2 Å². The fourth-order valence-corrected chi connectivity index (χ4v) is 3.80. The van der Waals surface area contributed by atoms with Crippen molar-refractivity contribution in [2.24, 2.45) is 0 Å². The fraction of sp³-hybridized carbons (Fsp3) is 0.125. The summed E-state index contributed by atoms with van der Waals surface area (Å²) in [6, 6.07) is 19.9. The van der Waals surface area contributed by atoms with Crippen molar-refractivity contribution in [3.05, 3.63) is 72.4 Å². The zero-order chi connectivity index (χ0) is 19.8. The van der Waals surface area contributed by atoms with Crippen LogP contribution in [0, 0.1) is 0 Å². The number of hydrogen-bond acceptors (Lipinski definition) is 4. The van der Waals surface area contributed by atoms with Gasteiger partial charge in [0.1, 0.15) is 19.0 Å². The lowest BCUT2D eigenvalue weighted by Gasteiger charge is -2.19. The SMILES string of the molecule is COc1cc(-n2ccc3c(-c4ccc5c(c4)OCCO5)cccc32)ccc1C=O. The summed E-state index contributed by atoms with van der Waals surface area (Å²) in [7, 11) is 1.57. The molecule has 0 N–H and O–H groups in total. The van der Waals surface area contributed by atoms with E-state index in [-0.39, 0.29) is 0 Å². The van der Waals surface area contributed by atoms with E-state index >= 15 is 0 Å². The molecular weight excluding hydrogens is 366 g/mol. The summed E-state index contributed by atoms with van der Waals surface area (Å²) in [5, 5.41) is 1.13. The molecule has 0 unspecified atom stereocenters. The lowest BCUT2D eigenvalue weighted by Crippen LogP contribution is -2.15. The molecule has 0 saturated heterocycles. The molecule has 4 aromatic rings. The standard InChI is InChI=1S/C24H19NO4/c1-27-23-14-18(7-5-17(23)15-26)25-10-9-20-19(3-2-4-21(20)25)16-6-8-22-24(13-16)29-12-11-28-22/h2-10,13-15H,11-12H2,1H3. The van der Waals surface area contributed by atoms with Crippen LogP contribution in [0.3, 0.4) is 0 Å². The molecular formula is C24H19NO4. The van der Waals surface area contributed by atoms with Crippen LogP contribution in [-0.2, 0) is 0 Å². The Morgan fingerprint density at radius 2 is 1.83 bits per heavy atom. The molecule has 0 fully saturated rings. The van der Waals surface area contributed by atoms with Gasteiger partial charge in [-0.05, 0) is 47.5 Å². The maximum atomic E-state index is 11.2. The Morgan fingerprint density at radius 1 is 0.966 bits per heavy atom. The van der Waals surface area contributed by atoms with Gasteiger partial charge in [0.2, 0.25) is 0 Å². The number of rotatable bonds is 4. The smallest absolute Gasteiger partial charge is 0.161 e. The molecule has 5 heteroatoms. The van der Waals surface area contributed by atoms with Crippen LogP contribution in [0.25, 0.3) is 27.7 Å². The van der Waals surface area contributed by atoms with Crippen LogP contribution in [0.15, 0.2) is 66.9 Å². The Balaban J connectivity index is 1.63. The largest absolute Gasteiger partial charge is 0.496 e. The number of carbonyl (C=O) groups is 1. The number of aromatic nitrogens is 1. The highest BCUT2D eigenvalue weighted by atomic mass is 16.6. The van der Waals surface area contributed by atoms with E-state index < -0.39 is 0 Å². The third-order valence-corrected chi connectivity index (χ3v) is 5.21. The monoisotopic (exact) mass is 385 g/mol. The Morgan fingerprint density at radius 3 is 2.66 bits per heavy atom. The average Bonchev–Trinajstić information content (AvgIpc) is 3.22. The average molecular weight is 385 g/mol. The highest BCUT2D eigenvalue weighted by Crippen LogP contribution is 2.37. The van der Waals surface area contributed by atoms with Crippen molar-refractivity contribution in [1.82, 2.24) is 4.57 Å². The van der Waals surface area contributed by atoms with E-state index in [1.165, 1.54) is 0 Å². The van der Waals surface area contributed by atoms with Gasteiger partial charge in [-0.1, -0.05) is 18.2 Å². The molecule has 3 aromatic carbocycles. The molecule has 5 nitrogen and oxygen atoms in total. The van der Waals surface area contributed by atoms with E-state index in [0.29, 0.717) is 24.5 Å². The molecule has 0 spiro atoms. The highest BCUT2D eigenvalue weighted by Gasteiger charge is 2.15. The van der Waals surface area contributed by atoms with Crippen molar-refractivity contribution in [3.8, 4) is 34.1 Å². The van der Waals surface area contributed by atoms with Gasteiger partial charge >= 0.3 is 0 Å².